The van der Waals surface area contributed by atoms with Crippen molar-refractivity contribution in [2.45, 2.75) is 32.7 Å². The molecule has 4 heteroatoms. The predicted octanol–water partition coefficient (Wildman–Crippen LogP) is 3.52. The van der Waals surface area contributed by atoms with E-state index in [0.29, 0.717) is 18.0 Å². The first-order chi connectivity index (χ1) is 12.2. The maximum Gasteiger partial charge on any atom is 0.255 e. The summed E-state index contributed by atoms with van der Waals surface area (Å²) < 4.78 is 0. The fourth-order valence-electron chi connectivity index (χ4n) is 3.99. The molecule has 1 atom stereocenters. The quantitative estimate of drug-likeness (QED) is 0.842. The van der Waals surface area contributed by atoms with Crippen LogP contribution in [0.3, 0.4) is 0 Å². The van der Waals surface area contributed by atoms with Gasteiger partial charge >= 0.3 is 0 Å². The van der Waals surface area contributed by atoms with Crippen molar-refractivity contribution in [1.82, 2.24) is 9.88 Å². The van der Waals surface area contributed by atoms with Crippen LogP contribution >= 0.6 is 0 Å². The number of fused-ring (bicyclic) bond motifs is 1. The lowest BCUT2D eigenvalue weighted by Gasteiger charge is -2.33. The van der Waals surface area contributed by atoms with Gasteiger partial charge in [-0.15, -0.1) is 0 Å². The Kier molecular flexibility index (Phi) is 4.43. The van der Waals surface area contributed by atoms with Crippen LogP contribution in [0.4, 0.5) is 5.69 Å². The Labute approximate surface area is 149 Å². The number of carbonyl (C=O) groups is 1. The van der Waals surface area contributed by atoms with E-state index in [1.807, 2.05) is 23.2 Å². The largest absolute Gasteiger partial charge is 0.370 e. The molecule has 2 aliphatic heterocycles. The molecule has 0 radical (unpaired) electrons. The maximum atomic E-state index is 13.0. The Morgan fingerprint density at radius 3 is 2.84 bits per heavy atom. The lowest BCUT2D eigenvalue weighted by atomic mass is 9.99. The van der Waals surface area contributed by atoms with Gasteiger partial charge in [-0.2, -0.15) is 0 Å². The highest BCUT2D eigenvalue weighted by atomic mass is 16.2. The van der Waals surface area contributed by atoms with E-state index in [0.717, 1.165) is 31.7 Å². The van der Waals surface area contributed by atoms with E-state index in [4.69, 9.17) is 0 Å². The number of amides is 1. The lowest BCUT2D eigenvalue weighted by molar-refractivity contribution is 0.0734. The molecule has 1 saturated heterocycles. The van der Waals surface area contributed by atoms with Gasteiger partial charge in [0.15, 0.2) is 0 Å². The van der Waals surface area contributed by atoms with E-state index in [1.165, 1.54) is 24.0 Å². The second kappa shape index (κ2) is 6.87. The Morgan fingerprint density at radius 1 is 1.16 bits per heavy atom. The van der Waals surface area contributed by atoms with Crippen LogP contribution < -0.4 is 4.90 Å². The van der Waals surface area contributed by atoms with Crippen LogP contribution in [0.25, 0.3) is 0 Å². The highest BCUT2D eigenvalue weighted by molar-refractivity contribution is 5.95. The fraction of sp³-hybridized carbons (Fsp3) is 0.429. The SMILES string of the molecule is CC1CCCN(c2cncc(C(=O)N3CCc4ccccc4C3)c2)C1. The van der Waals surface area contributed by atoms with E-state index in [1.54, 1.807) is 6.20 Å². The van der Waals surface area contributed by atoms with Crippen LogP contribution in [0.1, 0.15) is 41.3 Å². The number of aromatic nitrogens is 1. The van der Waals surface area contributed by atoms with E-state index in [2.05, 4.69) is 35.0 Å². The Morgan fingerprint density at radius 2 is 2.00 bits per heavy atom. The number of pyridine rings is 1. The second-order valence-corrected chi connectivity index (χ2v) is 7.37. The summed E-state index contributed by atoms with van der Waals surface area (Å²) in [6.45, 7) is 5.87. The first-order valence-electron chi connectivity index (χ1n) is 9.27. The molecule has 1 aromatic heterocycles. The molecule has 0 bridgehead atoms. The molecule has 4 nitrogen and oxygen atoms in total. The smallest absolute Gasteiger partial charge is 0.255 e. The number of carbonyl (C=O) groups excluding carboxylic acids is 1. The van der Waals surface area contributed by atoms with Gasteiger partial charge in [-0.3, -0.25) is 9.78 Å². The summed E-state index contributed by atoms with van der Waals surface area (Å²) in [6.07, 6.45) is 7.02. The summed E-state index contributed by atoms with van der Waals surface area (Å²) in [5.74, 6) is 0.792. The molecule has 0 spiro atoms. The van der Waals surface area contributed by atoms with Crippen molar-refractivity contribution in [3.05, 3.63) is 59.4 Å². The zero-order chi connectivity index (χ0) is 17.2. The minimum atomic E-state index is 0.0916. The van der Waals surface area contributed by atoms with Crippen molar-refractivity contribution in [3.8, 4) is 0 Å². The van der Waals surface area contributed by atoms with Crippen molar-refractivity contribution >= 4 is 11.6 Å². The van der Waals surface area contributed by atoms with Gasteiger partial charge in [-0.05, 0) is 42.4 Å². The van der Waals surface area contributed by atoms with Gasteiger partial charge in [0, 0.05) is 32.4 Å². The average Bonchev–Trinajstić information content (AvgIpc) is 2.67. The number of hydrogen-bond acceptors (Lipinski definition) is 3. The summed E-state index contributed by atoms with van der Waals surface area (Å²) in [7, 11) is 0. The fourth-order valence-corrected chi connectivity index (χ4v) is 3.99. The van der Waals surface area contributed by atoms with Crippen molar-refractivity contribution in [2.75, 3.05) is 24.5 Å². The van der Waals surface area contributed by atoms with Crippen LogP contribution in [-0.2, 0) is 13.0 Å². The molecule has 25 heavy (non-hydrogen) atoms. The normalized spacial score (nSPS) is 20.3. The molecule has 0 N–H and O–H groups in total. The van der Waals surface area contributed by atoms with Crippen molar-refractivity contribution in [2.24, 2.45) is 5.92 Å². The zero-order valence-corrected chi connectivity index (χ0v) is 14.8. The van der Waals surface area contributed by atoms with Crippen LogP contribution in [-0.4, -0.2) is 35.4 Å². The number of benzene rings is 1. The van der Waals surface area contributed by atoms with Crippen LogP contribution in [0.2, 0.25) is 0 Å². The molecule has 2 aliphatic rings. The molecular weight excluding hydrogens is 310 g/mol. The van der Waals surface area contributed by atoms with Crippen molar-refractivity contribution in [3.63, 3.8) is 0 Å². The molecule has 2 aromatic rings. The molecule has 0 saturated carbocycles. The number of rotatable bonds is 2. The Bertz CT molecular complexity index is 773. The summed E-state index contributed by atoms with van der Waals surface area (Å²) in [5.41, 5.74) is 4.40. The van der Waals surface area contributed by atoms with Gasteiger partial charge in [0.2, 0.25) is 0 Å². The predicted molar refractivity (Wildman–Crippen MR) is 99.7 cm³/mol. The molecule has 1 fully saturated rings. The van der Waals surface area contributed by atoms with Crippen LogP contribution in [0.5, 0.6) is 0 Å². The third kappa shape index (κ3) is 3.39. The summed E-state index contributed by atoms with van der Waals surface area (Å²) in [4.78, 5) is 21.6. The average molecular weight is 335 g/mol. The number of nitrogens with zero attached hydrogens (tertiary/aromatic N) is 3. The molecule has 1 aromatic carbocycles. The molecule has 4 rings (SSSR count). The third-order valence-electron chi connectivity index (χ3n) is 5.41. The summed E-state index contributed by atoms with van der Waals surface area (Å²) >= 11 is 0. The van der Waals surface area contributed by atoms with Gasteiger partial charge in [-0.1, -0.05) is 31.2 Å². The van der Waals surface area contributed by atoms with Crippen LogP contribution in [0, 0.1) is 5.92 Å². The molecule has 1 amide bonds. The number of anilines is 1. The molecule has 0 aliphatic carbocycles. The number of hydrogen-bond donors (Lipinski definition) is 0. The van der Waals surface area contributed by atoms with E-state index in [9.17, 15) is 4.79 Å². The maximum absolute atomic E-state index is 13.0. The Hall–Kier alpha value is -2.36. The van der Waals surface area contributed by atoms with Gasteiger partial charge in [0.1, 0.15) is 0 Å². The standard InChI is InChI=1S/C21H25N3O/c1-16-5-4-9-23(14-16)20-11-19(12-22-13-20)21(25)24-10-8-17-6-2-3-7-18(17)15-24/h2-3,6-7,11-13,16H,4-5,8-10,14-15H2,1H3. The molecule has 130 valence electrons. The monoisotopic (exact) mass is 335 g/mol. The minimum Gasteiger partial charge on any atom is -0.370 e. The summed E-state index contributed by atoms with van der Waals surface area (Å²) in [6, 6.07) is 10.4. The zero-order valence-electron chi connectivity index (χ0n) is 14.8. The number of piperidine rings is 1. The van der Waals surface area contributed by atoms with E-state index in [-0.39, 0.29) is 5.91 Å². The third-order valence-corrected chi connectivity index (χ3v) is 5.41. The topological polar surface area (TPSA) is 36.4 Å². The van der Waals surface area contributed by atoms with Crippen molar-refractivity contribution < 1.29 is 4.79 Å². The molecule has 1 unspecified atom stereocenters. The molecular formula is C21H25N3O. The van der Waals surface area contributed by atoms with Gasteiger partial charge in [-0.25, -0.2) is 0 Å². The minimum absolute atomic E-state index is 0.0916. The first-order valence-corrected chi connectivity index (χ1v) is 9.27. The van der Waals surface area contributed by atoms with E-state index >= 15 is 0 Å². The van der Waals surface area contributed by atoms with E-state index < -0.39 is 0 Å². The summed E-state index contributed by atoms with van der Waals surface area (Å²) in [5, 5.41) is 0. The highest BCUT2D eigenvalue weighted by Crippen LogP contribution is 2.25. The molecule has 3 heterocycles. The van der Waals surface area contributed by atoms with Gasteiger partial charge in [0.05, 0.1) is 17.4 Å². The van der Waals surface area contributed by atoms with Crippen molar-refractivity contribution in [1.29, 1.82) is 0 Å². The first kappa shape index (κ1) is 16.1. The Balaban J connectivity index is 1.52. The second-order valence-electron chi connectivity index (χ2n) is 7.37. The van der Waals surface area contributed by atoms with Crippen LogP contribution in [0.15, 0.2) is 42.7 Å². The van der Waals surface area contributed by atoms with Gasteiger partial charge in [0.25, 0.3) is 5.91 Å². The lowest BCUT2D eigenvalue weighted by Crippen LogP contribution is -2.37. The highest BCUT2D eigenvalue weighted by Gasteiger charge is 2.23. The van der Waals surface area contributed by atoms with Gasteiger partial charge < -0.3 is 9.80 Å².